The first-order valence-corrected chi connectivity index (χ1v) is 12.9. The lowest BCUT2D eigenvalue weighted by Crippen LogP contribution is -2.37. The Labute approximate surface area is 208 Å². The summed E-state index contributed by atoms with van der Waals surface area (Å²) >= 11 is 0. The first-order valence-electron chi connectivity index (χ1n) is 12.9. The molecule has 2 aromatic heterocycles. The molecule has 0 fully saturated rings. The van der Waals surface area contributed by atoms with Gasteiger partial charge in [-0.3, -0.25) is 0 Å². The van der Waals surface area contributed by atoms with Gasteiger partial charge in [0.1, 0.15) is 11.3 Å². The molecular weight excluding hydrogens is 428 g/mol. The number of hydrogen-bond donors (Lipinski definition) is 0. The minimum absolute atomic E-state index is 0.254. The quantitative estimate of drug-likeness (QED) is 0.211. The highest BCUT2D eigenvalue weighted by Crippen LogP contribution is 2.33. The van der Waals surface area contributed by atoms with Crippen molar-refractivity contribution in [1.82, 2.24) is 4.57 Å². The highest BCUT2D eigenvalue weighted by atomic mass is 16.5. The van der Waals surface area contributed by atoms with Gasteiger partial charge in [0.25, 0.3) is 0 Å². The molecule has 0 unspecified atom stereocenters. The van der Waals surface area contributed by atoms with E-state index in [-0.39, 0.29) is 6.10 Å². The number of fused-ring (bicyclic) bond motifs is 3. The summed E-state index contributed by atoms with van der Waals surface area (Å²) in [6.07, 6.45) is 5.52. The van der Waals surface area contributed by atoms with Crippen molar-refractivity contribution in [2.75, 3.05) is 0 Å². The Hall–Kier alpha value is -3.59. The van der Waals surface area contributed by atoms with Crippen LogP contribution in [0.2, 0.25) is 0 Å². The molecule has 3 nitrogen and oxygen atoms in total. The second kappa shape index (κ2) is 10.4. The van der Waals surface area contributed by atoms with Crippen LogP contribution in [0.15, 0.2) is 91.1 Å². The Morgan fingerprint density at radius 2 is 1.49 bits per heavy atom. The first kappa shape index (κ1) is 23.2. The van der Waals surface area contributed by atoms with Crippen LogP contribution in [0.3, 0.4) is 0 Å². The predicted molar refractivity (Wildman–Crippen MR) is 145 cm³/mol. The molecule has 2 heterocycles. The zero-order chi connectivity index (χ0) is 24.2. The van der Waals surface area contributed by atoms with Gasteiger partial charge in [0.2, 0.25) is 5.69 Å². The fraction of sp³-hybridized carbons (Fsp3) is 0.281. The van der Waals surface area contributed by atoms with Gasteiger partial charge in [-0.05, 0) is 37.0 Å². The summed E-state index contributed by atoms with van der Waals surface area (Å²) in [4.78, 5) is 0. The number of rotatable bonds is 9. The van der Waals surface area contributed by atoms with Gasteiger partial charge in [0.15, 0.2) is 12.7 Å². The number of benzene rings is 3. The summed E-state index contributed by atoms with van der Waals surface area (Å²) in [6, 6.07) is 30.4. The Kier molecular flexibility index (Phi) is 6.85. The molecule has 0 atom stereocenters. The van der Waals surface area contributed by atoms with Crippen molar-refractivity contribution < 1.29 is 9.30 Å². The second-order valence-corrected chi connectivity index (χ2v) is 9.40. The summed E-state index contributed by atoms with van der Waals surface area (Å²) in [5.41, 5.74) is 6.53. The molecule has 5 aromatic rings. The van der Waals surface area contributed by atoms with Crippen LogP contribution in [0.25, 0.3) is 21.8 Å². The predicted octanol–water partition coefficient (Wildman–Crippen LogP) is 7.25. The average molecular weight is 464 g/mol. The molecule has 0 saturated carbocycles. The van der Waals surface area contributed by atoms with Crippen LogP contribution in [-0.2, 0) is 19.5 Å². The summed E-state index contributed by atoms with van der Waals surface area (Å²) in [5.74, 6) is 0.963. The molecule has 0 aliphatic carbocycles. The lowest BCUT2D eigenvalue weighted by atomic mass is 10.1. The van der Waals surface area contributed by atoms with Crippen molar-refractivity contribution in [1.29, 1.82) is 0 Å². The summed E-state index contributed by atoms with van der Waals surface area (Å²) < 4.78 is 11.2. The van der Waals surface area contributed by atoms with E-state index in [0.29, 0.717) is 0 Å². The Morgan fingerprint density at radius 3 is 2.17 bits per heavy atom. The van der Waals surface area contributed by atoms with Crippen LogP contribution in [0.5, 0.6) is 5.75 Å². The van der Waals surface area contributed by atoms with E-state index in [0.717, 1.165) is 38.1 Å². The van der Waals surface area contributed by atoms with Crippen molar-refractivity contribution in [3.63, 3.8) is 0 Å². The van der Waals surface area contributed by atoms with E-state index in [1.807, 2.05) is 0 Å². The van der Waals surface area contributed by atoms with Crippen molar-refractivity contribution in [2.24, 2.45) is 0 Å². The number of nitrogens with zero attached hydrogens (tertiary/aromatic N) is 2. The van der Waals surface area contributed by atoms with E-state index in [9.17, 15) is 0 Å². The Balaban J connectivity index is 1.63. The standard InChI is InChI=1S/C32H35N2O/c1-4-27(5-2)35-28-16-17-29-30-19-20-33(23-26-14-10-7-11-15-26)24(3)32(30)34(31(29)22-28)21-18-25-12-8-6-9-13-25/h6-17,19-20,22,27H,4-5,18,21,23H2,1-3H3/q+1. The Bertz CT molecular complexity index is 1420. The van der Waals surface area contributed by atoms with E-state index in [4.69, 9.17) is 4.74 Å². The summed E-state index contributed by atoms with van der Waals surface area (Å²) in [5, 5.41) is 2.60. The molecule has 0 saturated heterocycles. The van der Waals surface area contributed by atoms with Crippen LogP contribution in [0, 0.1) is 6.92 Å². The van der Waals surface area contributed by atoms with Gasteiger partial charge in [-0.25, -0.2) is 0 Å². The Morgan fingerprint density at radius 1 is 0.800 bits per heavy atom. The molecular formula is C32H35N2O+. The molecule has 0 amide bonds. The normalized spacial score (nSPS) is 11.5. The number of ether oxygens (including phenoxy) is 1. The maximum Gasteiger partial charge on any atom is 0.203 e. The highest BCUT2D eigenvalue weighted by molar-refractivity contribution is 6.08. The molecule has 3 aromatic carbocycles. The van der Waals surface area contributed by atoms with E-state index in [1.165, 1.54) is 38.6 Å². The number of aryl methyl sites for hydroxylation is 3. The zero-order valence-corrected chi connectivity index (χ0v) is 21.1. The molecule has 0 aliphatic rings. The van der Waals surface area contributed by atoms with E-state index < -0.39 is 0 Å². The molecule has 0 aliphatic heterocycles. The van der Waals surface area contributed by atoms with E-state index in [1.54, 1.807) is 0 Å². The van der Waals surface area contributed by atoms with E-state index >= 15 is 0 Å². The molecule has 3 heteroatoms. The van der Waals surface area contributed by atoms with Crippen LogP contribution in [0.1, 0.15) is 43.5 Å². The van der Waals surface area contributed by atoms with Gasteiger partial charge < -0.3 is 9.30 Å². The third-order valence-corrected chi connectivity index (χ3v) is 7.15. The van der Waals surface area contributed by atoms with Crippen molar-refractivity contribution in [2.45, 2.75) is 59.2 Å². The van der Waals surface area contributed by atoms with Gasteiger partial charge in [0.05, 0.1) is 11.6 Å². The van der Waals surface area contributed by atoms with Crippen molar-refractivity contribution in [3.05, 3.63) is 108 Å². The highest BCUT2D eigenvalue weighted by Gasteiger charge is 2.20. The van der Waals surface area contributed by atoms with Crippen molar-refractivity contribution >= 4 is 21.8 Å². The minimum Gasteiger partial charge on any atom is -0.490 e. The zero-order valence-electron chi connectivity index (χ0n) is 21.1. The lowest BCUT2D eigenvalue weighted by molar-refractivity contribution is -0.693. The first-order chi connectivity index (χ1) is 17.2. The molecule has 178 valence electrons. The third kappa shape index (κ3) is 4.81. The van der Waals surface area contributed by atoms with Crippen LogP contribution in [-0.4, -0.2) is 10.7 Å². The number of pyridine rings is 1. The molecule has 0 radical (unpaired) electrons. The van der Waals surface area contributed by atoms with Gasteiger partial charge in [0, 0.05) is 41.9 Å². The van der Waals surface area contributed by atoms with Gasteiger partial charge in [-0.2, -0.15) is 4.57 Å². The maximum absolute atomic E-state index is 6.35. The molecule has 0 bridgehead atoms. The maximum atomic E-state index is 6.35. The number of aromatic nitrogens is 2. The van der Waals surface area contributed by atoms with Crippen LogP contribution in [0.4, 0.5) is 0 Å². The van der Waals surface area contributed by atoms with Crippen molar-refractivity contribution in [3.8, 4) is 5.75 Å². The largest absolute Gasteiger partial charge is 0.490 e. The minimum atomic E-state index is 0.254. The topological polar surface area (TPSA) is 18.0 Å². The summed E-state index contributed by atoms with van der Waals surface area (Å²) in [7, 11) is 0. The number of hydrogen-bond acceptors (Lipinski definition) is 1. The molecule has 0 N–H and O–H groups in total. The summed E-state index contributed by atoms with van der Waals surface area (Å²) in [6.45, 7) is 8.43. The molecule has 5 rings (SSSR count). The van der Waals surface area contributed by atoms with Gasteiger partial charge >= 0.3 is 0 Å². The molecule has 35 heavy (non-hydrogen) atoms. The lowest BCUT2D eigenvalue weighted by Gasteiger charge is -2.16. The van der Waals surface area contributed by atoms with Gasteiger partial charge in [-0.1, -0.05) is 74.5 Å². The third-order valence-electron chi connectivity index (χ3n) is 7.15. The SMILES string of the molecule is CCC(CC)Oc1ccc2c3cc[n+](Cc4ccccc4)c(C)c3n(CCc3ccccc3)c2c1. The monoisotopic (exact) mass is 463 g/mol. The smallest absolute Gasteiger partial charge is 0.203 e. The fourth-order valence-electron chi connectivity index (χ4n) is 5.12. The van der Waals surface area contributed by atoms with Crippen LogP contribution < -0.4 is 9.30 Å². The second-order valence-electron chi connectivity index (χ2n) is 9.40. The van der Waals surface area contributed by atoms with E-state index in [2.05, 4.69) is 121 Å². The average Bonchev–Trinajstić information content (AvgIpc) is 3.22. The fourth-order valence-corrected chi connectivity index (χ4v) is 5.12. The van der Waals surface area contributed by atoms with Gasteiger partial charge in [-0.15, -0.1) is 0 Å². The van der Waals surface area contributed by atoms with Crippen LogP contribution >= 0.6 is 0 Å². The molecule has 0 spiro atoms.